The molecule has 8 rings (SSSR count). The van der Waals surface area contributed by atoms with Crippen LogP contribution in [-0.4, -0.2) is 58.4 Å². The summed E-state index contributed by atoms with van der Waals surface area (Å²) in [6, 6.07) is 15.8. The van der Waals surface area contributed by atoms with E-state index >= 15 is 0 Å². The second kappa shape index (κ2) is 21.6. The van der Waals surface area contributed by atoms with Crippen LogP contribution in [0.2, 0.25) is 0 Å². The average Bonchev–Trinajstić information content (AvgIpc) is 4.07. The van der Waals surface area contributed by atoms with Crippen LogP contribution in [0.15, 0.2) is 84.4 Å². The number of nitrogens with one attached hydrogen (secondary N) is 1. The zero-order chi connectivity index (χ0) is 57.4. The van der Waals surface area contributed by atoms with Crippen molar-refractivity contribution in [2.45, 2.75) is 120 Å². The third kappa shape index (κ3) is 11.4. The maximum Gasteiger partial charge on any atom is 0.261 e. The van der Waals surface area contributed by atoms with Gasteiger partial charge in [0.15, 0.2) is 16.8 Å². The highest BCUT2D eigenvalue weighted by molar-refractivity contribution is 8.14. The first-order valence-corrected chi connectivity index (χ1v) is 34.7. The van der Waals surface area contributed by atoms with Crippen LogP contribution in [-0.2, 0) is 67.3 Å². The smallest absolute Gasteiger partial charge is 0.261 e. The molecule has 0 aliphatic rings. The second-order valence-corrected chi connectivity index (χ2v) is 31.1. The van der Waals surface area contributed by atoms with Crippen LogP contribution in [0.25, 0.3) is 25.6 Å². The van der Waals surface area contributed by atoms with E-state index in [1.165, 1.54) is 41.1 Å². The third-order valence-electron chi connectivity index (χ3n) is 12.6. The molecule has 4 aromatic heterocycles. The fourth-order valence-corrected chi connectivity index (χ4v) is 16.2. The van der Waals surface area contributed by atoms with E-state index in [0.717, 1.165) is 22.7 Å². The number of benzene rings is 4. The fourth-order valence-electron chi connectivity index (χ4n) is 9.24. The molecule has 1 N–H and O–H groups in total. The van der Waals surface area contributed by atoms with Gasteiger partial charge in [-0.15, -0.1) is 10.2 Å². The number of fused-ring (bicyclic) bond motifs is 2. The molecule has 0 unspecified atom stereocenters. The summed E-state index contributed by atoms with van der Waals surface area (Å²) in [5.74, 6) is 0.105. The zero-order valence-electron chi connectivity index (χ0n) is 43.3. The maximum absolute atomic E-state index is 13.6. The molecular formula is C50H48Cl4N10O8S6. The molecule has 0 aliphatic heterocycles. The normalized spacial score (nSPS) is 12.8. The molecule has 78 heavy (non-hydrogen) atoms. The van der Waals surface area contributed by atoms with Crippen LogP contribution >= 0.6 is 65.4 Å². The van der Waals surface area contributed by atoms with Crippen molar-refractivity contribution < 1.29 is 33.7 Å². The Morgan fingerprint density at radius 3 is 1.72 bits per heavy atom. The maximum atomic E-state index is 13.6. The van der Waals surface area contributed by atoms with E-state index < -0.39 is 41.6 Å². The summed E-state index contributed by atoms with van der Waals surface area (Å²) in [5.41, 5.74) is 4.54. The van der Waals surface area contributed by atoms with Gasteiger partial charge in [0, 0.05) is 53.8 Å². The van der Waals surface area contributed by atoms with Gasteiger partial charge in [-0.2, -0.15) is 15.0 Å². The van der Waals surface area contributed by atoms with Gasteiger partial charge in [0.05, 0.1) is 51.4 Å². The summed E-state index contributed by atoms with van der Waals surface area (Å²) in [6.45, 7) is 18.0. The molecule has 0 saturated heterocycles. The number of anilines is 5. The quantitative estimate of drug-likeness (QED) is 0.0697. The van der Waals surface area contributed by atoms with Crippen LogP contribution < -0.4 is 10.2 Å². The molecular weight excluding hydrogens is 1200 g/mol. The van der Waals surface area contributed by atoms with Crippen molar-refractivity contribution >= 4 is 162 Å². The lowest BCUT2D eigenvalue weighted by Crippen LogP contribution is -2.19. The Balaban J connectivity index is 1.48. The van der Waals surface area contributed by atoms with Gasteiger partial charge in [-0.3, -0.25) is 4.90 Å². The molecule has 8 aromatic rings. The minimum Gasteiger partial charge on any atom is -0.338 e. The first-order chi connectivity index (χ1) is 36.3. The lowest BCUT2D eigenvalue weighted by atomic mass is 9.90. The first kappa shape index (κ1) is 58.8. The molecule has 28 heteroatoms. The summed E-state index contributed by atoms with van der Waals surface area (Å²) in [4.78, 5) is 16.1. The Hall–Kier alpha value is -5.33. The zero-order valence-corrected chi connectivity index (χ0v) is 51.2. The van der Waals surface area contributed by atoms with Crippen molar-refractivity contribution in [2.75, 3.05) is 10.2 Å². The van der Waals surface area contributed by atoms with Gasteiger partial charge in [-0.25, -0.2) is 48.6 Å². The van der Waals surface area contributed by atoms with Crippen LogP contribution in [0.5, 0.6) is 0 Å². The van der Waals surface area contributed by atoms with E-state index in [-0.39, 0.29) is 71.4 Å². The van der Waals surface area contributed by atoms with Crippen LogP contribution in [0.4, 0.5) is 39.6 Å². The van der Waals surface area contributed by atoms with Crippen molar-refractivity contribution in [3.05, 3.63) is 105 Å². The molecule has 0 spiro atoms. The standard InChI is InChI=1S/C50H48Cl4N10O8S6/c1-11-28-19-26(6)43(77(53,69)70)32(13-3)41(28)59-46-40(60-61-47-34(24-55)45(50(8,9)10)62-64(47)49-57-36-18-16-31(76(52,67)68)23-38(36)74-49)25(5)21-39(58-46)63(48-56-35-17-15-30(75(51,65)66)22-37(35)73-48)42-29(12-2)20-27(7)44(33(42)14-4)78(54,71)72/h15-23H,11-14H2,1-10H3,(H,58,59). The lowest BCUT2D eigenvalue weighted by Gasteiger charge is -2.29. The minimum atomic E-state index is -4.39. The monoisotopic (exact) mass is 1250 g/mol. The lowest BCUT2D eigenvalue weighted by molar-refractivity contribution is 0.559. The number of pyridine rings is 1. The summed E-state index contributed by atoms with van der Waals surface area (Å²) in [6.07, 6.45) is 1.13. The highest BCUT2D eigenvalue weighted by Crippen LogP contribution is 2.49. The van der Waals surface area contributed by atoms with Gasteiger partial charge in [0.25, 0.3) is 36.2 Å². The summed E-state index contributed by atoms with van der Waals surface area (Å²) >= 11 is 2.15. The van der Waals surface area contributed by atoms with Crippen molar-refractivity contribution in [1.82, 2.24) is 24.7 Å². The number of nitriles is 1. The van der Waals surface area contributed by atoms with Gasteiger partial charge >= 0.3 is 0 Å². The van der Waals surface area contributed by atoms with Crippen LogP contribution in [0.3, 0.4) is 0 Å². The average molecular weight is 1250 g/mol. The molecule has 18 nitrogen and oxygen atoms in total. The van der Waals surface area contributed by atoms with E-state index in [1.807, 2.05) is 34.6 Å². The summed E-state index contributed by atoms with van der Waals surface area (Å²) in [5, 5.41) is 29.1. The molecule has 0 atom stereocenters. The highest BCUT2D eigenvalue weighted by atomic mass is 35.7. The molecule has 4 aromatic carbocycles. The number of hydrogen-bond donors (Lipinski definition) is 1. The predicted molar refractivity (Wildman–Crippen MR) is 310 cm³/mol. The Morgan fingerprint density at radius 2 is 1.21 bits per heavy atom. The van der Waals surface area contributed by atoms with Crippen molar-refractivity contribution in [3.63, 3.8) is 0 Å². The van der Waals surface area contributed by atoms with E-state index in [1.54, 1.807) is 57.7 Å². The van der Waals surface area contributed by atoms with Gasteiger partial charge in [0.2, 0.25) is 5.13 Å². The molecule has 4 heterocycles. The number of thiazole rings is 2. The minimum absolute atomic E-state index is 0.00497. The number of nitrogens with zero attached hydrogens (tertiary/aromatic N) is 9. The Kier molecular flexibility index (Phi) is 16.3. The Morgan fingerprint density at radius 1 is 0.667 bits per heavy atom. The number of aryl methyl sites for hydroxylation is 5. The molecule has 0 saturated carbocycles. The Labute approximate surface area is 477 Å². The van der Waals surface area contributed by atoms with E-state index in [2.05, 4.69) is 11.4 Å². The number of halogens is 4. The van der Waals surface area contributed by atoms with E-state index in [9.17, 15) is 38.9 Å². The van der Waals surface area contributed by atoms with Crippen molar-refractivity contribution in [2.24, 2.45) is 10.2 Å². The van der Waals surface area contributed by atoms with Crippen molar-refractivity contribution in [1.29, 1.82) is 5.26 Å². The predicted octanol–water partition coefficient (Wildman–Crippen LogP) is 14.2. The Bertz CT molecular complexity index is 4360. The molecule has 0 radical (unpaired) electrons. The second-order valence-electron chi connectivity index (χ2n) is 18.9. The topological polar surface area (TPSA) is 257 Å². The SMILES string of the molecule is CCc1cc(C)c(S(=O)(=O)Cl)c(CC)c1Nc1nc(N(c2nc3ccc(S(=O)(=O)Cl)cc3s2)c2c(CC)cc(C)c(S(=O)(=O)Cl)c2CC)cc(C)c1N=Nc1c(C#N)c(C(C)(C)C)nn1-c1nc2ccc(S(=O)(=O)Cl)cc2s1. The summed E-state index contributed by atoms with van der Waals surface area (Å²) < 4.78 is 106. The number of rotatable bonds is 16. The van der Waals surface area contributed by atoms with Crippen molar-refractivity contribution in [3.8, 4) is 11.2 Å². The van der Waals surface area contributed by atoms with E-state index in [4.69, 9.17) is 73.0 Å². The number of hydrogen-bond acceptors (Lipinski definition) is 19. The number of aromatic nitrogens is 5. The fraction of sp³-hybridized carbons (Fsp3) is 0.300. The van der Waals surface area contributed by atoms with Gasteiger partial charge in [-0.05, 0) is 128 Å². The van der Waals surface area contributed by atoms with E-state index in [0.29, 0.717) is 89.3 Å². The largest absolute Gasteiger partial charge is 0.338 e. The number of azo groups is 1. The van der Waals surface area contributed by atoms with Gasteiger partial charge in [-0.1, -0.05) is 83.3 Å². The molecule has 0 bridgehead atoms. The van der Waals surface area contributed by atoms with Crippen LogP contribution in [0.1, 0.15) is 98.7 Å². The third-order valence-corrected chi connectivity index (χ3v) is 20.4. The van der Waals surface area contributed by atoms with Crippen LogP contribution in [0, 0.1) is 32.1 Å². The van der Waals surface area contributed by atoms with Gasteiger partial charge in [0.1, 0.15) is 23.1 Å². The molecule has 0 amide bonds. The molecule has 0 fully saturated rings. The molecule has 0 aliphatic carbocycles. The molecule has 410 valence electrons. The first-order valence-electron chi connectivity index (χ1n) is 23.8. The summed E-state index contributed by atoms with van der Waals surface area (Å²) in [7, 11) is 6.94. The highest BCUT2D eigenvalue weighted by Gasteiger charge is 2.33. The van der Waals surface area contributed by atoms with Gasteiger partial charge < -0.3 is 5.32 Å².